The van der Waals surface area contributed by atoms with Gasteiger partial charge in [0.1, 0.15) is 0 Å². The fourth-order valence-corrected chi connectivity index (χ4v) is 1.78. The van der Waals surface area contributed by atoms with Crippen LogP contribution in [0.2, 0.25) is 0 Å². The van der Waals surface area contributed by atoms with Gasteiger partial charge in [-0.1, -0.05) is 6.42 Å². The van der Waals surface area contributed by atoms with Crippen LogP contribution in [0.5, 0.6) is 5.75 Å². The fraction of sp³-hybridized carbons (Fsp3) is 0.467. The summed E-state index contributed by atoms with van der Waals surface area (Å²) in [5.74, 6) is -0.962. The molecular weight excluding hydrogens is 277 g/mol. The van der Waals surface area contributed by atoms with Gasteiger partial charge in [-0.15, -0.1) is 0 Å². The van der Waals surface area contributed by atoms with Crippen LogP contribution in [0.1, 0.15) is 36.0 Å². The van der Waals surface area contributed by atoms with Crippen LogP contribution >= 0.6 is 0 Å². The molecule has 0 spiro atoms. The van der Waals surface area contributed by atoms with Crippen molar-refractivity contribution in [3.63, 3.8) is 0 Å². The topological polar surface area (TPSA) is 64.6 Å². The number of hydrogen-bond donors (Lipinski definition) is 1. The van der Waals surface area contributed by atoms with Gasteiger partial charge in [0.2, 0.25) is 0 Å². The van der Waals surface area contributed by atoms with Gasteiger partial charge >= 0.3 is 5.97 Å². The molecule has 0 aromatic heterocycles. The molecule has 0 aliphatic rings. The zero-order valence-corrected chi connectivity index (χ0v) is 12.3. The number of esters is 1. The number of methoxy groups -OCH3 is 2. The van der Waals surface area contributed by atoms with E-state index in [4.69, 9.17) is 4.74 Å². The number of nitrogens with one attached hydrogen (secondary N) is 1. The van der Waals surface area contributed by atoms with E-state index in [1.165, 1.54) is 32.4 Å². The molecule has 116 valence electrons. The molecule has 1 rings (SSSR count). The zero-order chi connectivity index (χ0) is 15.7. The standard InChI is InChI=1S/C15H20FNO4/c1-20-13-10-11(7-8-12(13)16)15(19)17-9-5-3-4-6-14(18)21-2/h7-8,10H,3-6,9H2,1-2H3,(H,17,19). The molecule has 0 atom stereocenters. The van der Waals surface area contributed by atoms with E-state index >= 15 is 0 Å². The third-order valence-electron chi connectivity index (χ3n) is 2.98. The highest BCUT2D eigenvalue weighted by Crippen LogP contribution is 2.18. The van der Waals surface area contributed by atoms with Crippen molar-refractivity contribution in [2.24, 2.45) is 0 Å². The highest BCUT2D eigenvalue weighted by Gasteiger charge is 2.09. The molecule has 1 amide bonds. The van der Waals surface area contributed by atoms with Crippen LogP contribution in [0.15, 0.2) is 18.2 Å². The SMILES string of the molecule is COC(=O)CCCCCNC(=O)c1ccc(F)c(OC)c1. The molecule has 5 nitrogen and oxygen atoms in total. The zero-order valence-electron chi connectivity index (χ0n) is 12.3. The van der Waals surface area contributed by atoms with Gasteiger partial charge < -0.3 is 14.8 Å². The van der Waals surface area contributed by atoms with Gasteiger partial charge in [0, 0.05) is 18.5 Å². The summed E-state index contributed by atoms with van der Waals surface area (Å²) in [6, 6.07) is 3.97. The minimum atomic E-state index is -0.503. The molecule has 0 saturated carbocycles. The van der Waals surface area contributed by atoms with Gasteiger partial charge in [0.25, 0.3) is 5.91 Å². The lowest BCUT2D eigenvalue weighted by molar-refractivity contribution is -0.140. The Labute approximate surface area is 123 Å². The summed E-state index contributed by atoms with van der Waals surface area (Å²) >= 11 is 0. The molecule has 21 heavy (non-hydrogen) atoms. The third kappa shape index (κ3) is 5.81. The molecule has 0 saturated heterocycles. The van der Waals surface area contributed by atoms with Crippen molar-refractivity contribution in [2.75, 3.05) is 20.8 Å². The Morgan fingerprint density at radius 1 is 1.19 bits per heavy atom. The number of carbonyl (C=O) groups is 2. The molecule has 1 N–H and O–H groups in total. The second kappa shape index (κ2) is 8.94. The molecule has 0 aliphatic carbocycles. The Balaban J connectivity index is 2.29. The molecule has 0 radical (unpaired) electrons. The summed E-state index contributed by atoms with van der Waals surface area (Å²) in [7, 11) is 2.71. The summed E-state index contributed by atoms with van der Waals surface area (Å²) in [6.07, 6.45) is 2.70. The quantitative estimate of drug-likeness (QED) is 0.590. The minimum Gasteiger partial charge on any atom is -0.494 e. The van der Waals surface area contributed by atoms with E-state index in [0.29, 0.717) is 18.5 Å². The van der Waals surface area contributed by atoms with Crippen molar-refractivity contribution in [1.82, 2.24) is 5.32 Å². The van der Waals surface area contributed by atoms with E-state index < -0.39 is 5.82 Å². The van der Waals surface area contributed by atoms with Crippen molar-refractivity contribution in [3.8, 4) is 5.75 Å². The molecule has 1 aromatic rings. The predicted molar refractivity (Wildman–Crippen MR) is 75.8 cm³/mol. The van der Waals surface area contributed by atoms with Crippen molar-refractivity contribution in [3.05, 3.63) is 29.6 Å². The van der Waals surface area contributed by atoms with E-state index in [0.717, 1.165) is 19.3 Å². The summed E-state index contributed by atoms with van der Waals surface area (Å²) in [5.41, 5.74) is 0.350. The van der Waals surface area contributed by atoms with Crippen molar-refractivity contribution in [2.45, 2.75) is 25.7 Å². The Kier molecular flexibility index (Phi) is 7.21. The molecule has 0 unspecified atom stereocenters. The number of unbranched alkanes of at least 4 members (excludes halogenated alkanes) is 2. The summed E-state index contributed by atoms with van der Waals surface area (Å²) in [5, 5.41) is 2.74. The first-order valence-electron chi connectivity index (χ1n) is 6.77. The smallest absolute Gasteiger partial charge is 0.305 e. The number of hydrogen-bond acceptors (Lipinski definition) is 4. The first-order chi connectivity index (χ1) is 10.1. The van der Waals surface area contributed by atoms with Crippen LogP contribution in [0.3, 0.4) is 0 Å². The van der Waals surface area contributed by atoms with Crippen LogP contribution in [-0.2, 0) is 9.53 Å². The van der Waals surface area contributed by atoms with Gasteiger partial charge in [0.05, 0.1) is 14.2 Å². The maximum absolute atomic E-state index is 13.2. The molecule has 6 heteroatoms. The average molecular weight is 297 g/mol. The van der Waals surface area contributed by atoms with Crippen molar-refractivity contribution in [1.29, 1.82) is 0 Å². The largest absolute Gasteiger partial charge is 0.494 e. The van der Waals surface area contributed by atoms with Crippen LogP contribution in [0, 0.1) is 5.82 Å². The van der Waals surface area contributed by atoms with Crippen molar-refractivity contribution >= 4 is 11.9 Å². The average Bonchev–Trinajstić information content (AvgIpc) is 2.50. The van der Waals surface area contributed by atoms with E-state index in [-0.39, 0.29) is 17.6 Å². The maximum Gasteiger partial charge on any atom is 0.305 e. The Bertz CT molecular complexity index is 491. The van der Waals surface area contributed by atoms with Crippen LogP contribution < -0.4 is 10.1 Å². The monoisotopic (exact) mass is 297 g/mol. The Morgan fingerprint density at radius 2 is 1.95 bits per heavy atom. The first-order valence-corrected chi connectivity index (χ1v) is 6.77. The number of benzene rings is 1. The fourth-order valence-electron chi connectivity index (χ4n) is 1.78. The van der Waals surface area contributed by atoms with E-state index in [1.54, 1.807) is 0 Å². The lowest BCUT2D eigenvalue weighted by Crippen LogP contribution is -2.24. The minimum absolute atomic E-state index is 0.0423. The van der Waals surface area contributed by atoms with Gasteiger partial charge in [-0.25, -0.2) is 4.39 Å². The highest BCUT2D eigenvalue weighted by molar-refractivity contribution is 5.94. The van der Waals surface area contributed by atoms with Gasteiger partial charge in [-0.3, -0.25) is 9.59 Å². The third-order valence-corrected chi connectivity index (χ3v) is 2.98. The van der Waals surface area contributed by atoms with Crippen LogP contribution in [-0.4, -0.2) is 32.6 Å². The van der Waals surface area contributed by atoms with Gasteiger partial charge in [-0.05, 0) is 31.0 Å². The number of halogens is 1. The molecular formula is C15H20FNO4. The summed E-state index contributed by atoms with van der Waals surface area (Å²) in [6.45, 7) is 0.500. The predicted octanol–water partition coefficient (Wildman–Crippen LogP) is 2.30. The maximum atomic E-state index is 13.2. The second-order valence-electron chi connectivity index (χ2n) is 4.49. The van der Waals surface area contributed by atoms with Crippen LogP contribution in [0.25, 0.3) is 0 Å². The van der Waals surface area contributed by atoms with Crippen molar-refractivity contribution < 1.29 is 23.5 Å². The molecule has 0 aliphatic heterocycles. The van der Waals surface area contributed by atoms with Gasteiger partial charge in [-0.2, -0.15) is 0 Å². The van der Waals surface area contributed by atoms with Crippen LogP contribution in [0.4, 0.5) is 4.39 Å². The normalized spacial score (nSPS) is 10.0. The second-order valence-corrected chi connectivity index (χ2v) is 4.49. The number of carbonyl (C=O) groups excluding carboxylic acids is 2. The summed E-state index contributed by atoms with van der Waals surface area (Å²) < 4.78 is 22.6. The molecule has 1 aromatic carbocycles. The molecule has 0 bridgehead atoms. The lowest BCUT2D eigenvalue weighted by atomic mass is 10.1. The van der Waals surface area contributed by atoms with E-state index in [2.05, 4.69) is 10.1 Å². The molecule has 0 fully saturated rings. The van der Waals surface area contributed by atoms with Gasteiger partial charge in [0.15, 0.2) is 11.6 Å². The summed E-state index contributed by atoms with van der Waals surface area (Å²) in [4.78, 5) is 22.7. The Hall–Kier alpha value is -2.11. The van der Waals surface area contributed by atoms with E-state index in [1.807, 2.05) is 0 Å². The molecule has 0 heterocycles. The number of amides is 1. The number of rotatable bonds is 8. The Morgan fingerprint density at radius 3 is 2.62 bits per heavy atom. The lowest BCUT2D eigenvalue weighted by Gasteiger charge is -2.07. The highest BCUT2D eigenvalue weighted by atomic mass is 19.1. The van der Waals surface area contributed by atoms with E-state index in [9.17, 15) is 14.0 Å². The number of ether oxygens (including phenoxy) is 2. The first kappa shape index (κ1) is 16.9.